The van der Waals surface area contributed by atoms with Crippen molar-refractivity contribution in [1.29, 1.82) is 0 Å². The number of ketones is 1. The second-order valence-corrected chi connectivity index (χ2v) is 8.52. The number of fused-ring (bicyclic) bond motifs is 3. The Bertz CT molecular complexity index is 1270. The van der Waals surface area contributed by atoms with Crippen molar-refractivity contribution >= 4 is 34.2 Å². The summed E-state index contributed by atoms with van der Waals surface area (Å²) in [6, 6.07) is 15.2. The van der Waals surface area contributed by atoms with Crippen LogP contribution in [0, 0.1) is 0 Å². The lowest BCUT2D eigenvalue weighted by molar-refractivity contribution is 0.102. The van der Waals surface area contributed by atoms with Crippen LogP contribution in [0.2, 0.25) is 0 Å². The summed E-state index contributed by atoms with van der Waals surface area (Å²) in [6.07, 6.45) is 0.814. The summed E-state index contributed by atoms with van der Waals surface area (Å²) in [7, 11) is 0. The number of nitrogens with zero attached hydrogens (tertiary/aromatic N) is 4. The van der Waals surface area contributed by atoms with Crippen LogP contribution < -0.4 is 5.56 Å². The van der Waals surface area contributed by atoms with Gasteiger partial charge < -0.3 is 0 Å². The molecule has 0 aliphatic heterocycles. The van der Waals surface area contributed by atoms with Crippen LogP contribution in [-0.4, -0.2) is 30.7 Å². The Morgan fingerprint density at radius 3 is 2.50 bits per heavy atom. The number of benzene rings is 2. The van der Waals surface area contributed by atoms with Crippen LogP contribution in [0.5, 0.6) is 0 Å². The normalized spacial score (nSPS) is 11.6. The molecule has 0 saturated heterocycles. The average Bonchev–Trinajstić information content (AvgIpc) is 3.19. The SMILES string of the molecule is CCCn1c(=O)c2ccccc2n2c(SCC(=O)c3ccc(C(C)C)cc3)nnc12. The summed E-state index contributed by atoms with van der Waals surface area (Å²) in [6.45, 7) is 6.85. The quantitative estimate of drug-likeness (QED) is 0.324. The molecule has 0 saturated carbocycles. The molecule has 2 aromatic carbocycles. The molecule has 7 heteroatoms. The second-order valence-electron chi connectivity index (χ2n) is 7.58. The summed E-state index contributed by atoms with van der Waals surface area (Å²) in [5.74, 6) is 1.23. The van der Waals surface area contributed by atoms with Gasteiger partial charge in [0.2, 0.25) is 5.78 Å². The minimum atomic E-state index is -0.0646. The van der Waals surface area contributed by atoms with Gasteiger partial charge in [-0.05, 0) is 30.0 Å². The summed E-state index contributed by atoms with van der Waals surface area (Å²) in [5, 5.41) is 9.80. The third-order valence-corrected chi connectivity index (χ3v) is 6.09. The lowest BCUT2D eigenvalue weighted by Crippen LogP contribution is -2.23. The fraction of sp³-hybridized carbons (Fsp3) is 0.304. The molecule has 4 rings (SSSR count). The maximum Gasteiger partial charge on any atom is 0.262 e. The zero-order chi connectivity index (χ0) is 21.3. The number of hydrogen-bond acceptors (Lipinski definition) is 5. The van der Waals surface area contributed by atoms with Crippen LogP contribution in [0.15, 0.2) is 58.5 Å². The first-order chi connectivity index (χ1) is 14.5. The van der Waals surface area contributed by atoms with Crippen LogP contribution in [-0.2, 0) is 6.54 Å². The van der Waals surface area contributed by atoms with Gasteiger partial charge >= 0.3 is 0 Å². The van der Waals surface area contributed by atoms with E-state index in [0.29, 0.717) is 34.3 Å². The van der Waals surface area contributed by atoms with Gasteiger partial charge in [0.1, 0.15) is 0 Å². The van der Waals surface area contributed by atoms with Crippen molar-refractivity contribution in [1.82, 2.24) is 19.2 Å². The summed E-state index contributed by atoms with van der Waals surface area (Å²) < 4.78 is 3.54. The zero-order valence-electron chi connectivity index (χ0n) is 17.3. The fourth-order valence-corrected chi connectivity index (χ4v) is 4.35. The second kappa shape index (κ2) is 8.44. The lowest BCUT2D eigenvalue weighted by atomic mass is 10.0. The van der Waals surface area contributed by atoms with Gasteiger partial charge in [-0.1, -0.05) is 68.9 Å². The van der Waals surface area contributed by atoms with E-state index in [2.05, 4.69) is 24.0 Å². The Morgan fingerprint density at radius 2 is 1.80 bits per heavy atom. The minimum Gasteiger partial charge on any atom is -0.293 e. The molecular formula is C23H24N4O2S. The number of thioether (sulfide) groups is 1. The van der Waals surface area contributed by atoms with Gasteiger partial charge in [-0.3, -0.25) is 18.6 Å². The number of carbonyl (C=O) groups is 1. The topological polar surface area (TPSA) is 69.3 Å². The number of hydrogen-bond donors (Lipinski definition) is 0. The van der Waals surface area contributed by atoms with Crippen LogP contribution in [0.4, 0.5) is 0 Å². The standard InChI is InChI=1S/C23H24N4O2S/c1-4-13-26-21(29)18-7-5-6-8-19(18)27-22(26)24-25-23(27)30-14-20(28)17-11-9-16(10-12-17)15(2)3/h5-12,15H,4,13-14H2,1-3H3. The number of Topliss-reactive ketones (excluding diaryl/α,β-unsaturated/α-hetero) is 1. The highest BCUT2D eigenvalue weighted by Crippen LogP contribution is 2.23. The number of para-hydroxylation sites is 1. The number of aromatic nitrogens is 4. The minimum absolute atomic E-state index is 0.0400. The highest BCUT2D eigenvalue weighted by molar-refractivity contribution is 7.99. The highest BCUT2D eigenvalue weighted by Gasteiger charge is 2.17. The van der Waals surface area contributed by atoms with E-state index in [1.54, 1.807) is 4.57 Å². The van der Waals surface area contributed by atoms with Crippen LogP contribution >= 0.6 is 11.8 Å². The van der Waals surface area contributed by atoms with E-state index in [9.17, 15) is 9.59 Å². The van der Waals surface area contributed by atoms with Gasteiger partial charge in [-0.2, -0.15) is 0 Å². The molecule has 154 valence electrons. The number of carbonyl (C=O) groups excluding carboxylic acids is 1. The smallest absolute Gasteiger partial charge is 0.262 e. The first-order valence-electron chi connectivity index (χ1n) is 10.1. The Labute approximate surface area is 178 Å². The molecule has 6 nitrogen and oxygen atoms in total. The van der Waals surface area contributed by atoms with Gasteiger partial charge in [0.25, 0.3) is 5.56 Å². The van der Waals surface area contributed by atoms with Crippen LogP contribution in [0.25, 0.3) is 16.7 Å². The third-order valence-electron chi connectivity index (χ3n) is 5.16. The van der Waals surface area contributed by atoms with E-state index in [4.69, 9.17) is 0 Å². The van der Waals surface area contributed by atoms with Crippen LogP contribution in [0.3, 0.4) is 0 Å². The van der Waals surface area contributed by atoms with E-state index in [1.807, 2.05) is 59.9 Å². The van der Waals surface area contributed by atoms with Gasteiger partial charge in [0.15, 0.2) is 10.9 Å². The van der Waals surface area contributed by atoms with E-state index in [0.717, 1.165) is 11.9 Å². The summed E-state index contributed by atoms with van der Waals surface area (Å²) in [5.41, 5.74) is 2.59. The molecule has 0 aliphatic rings. The molecular weight excluding hydrogens is 396 g/mol. The van der Waals surface area contributed by atoms with Crippen molar-refractivity contribution in [2.75, 3.05) is 5.75 Å². The monoisotopic (exact) mass is 420 g/mol. The molecule has 2 heterocycles. The van der Waals surface area contributed by atoms with Gasteiger partial charge in [0, 0.05) is 12.1 Å². The third kappa shape index (κ3) is 3.65. The van der Waals surface area contributed by atoms with Crippen molar-refractivity contribution in [3.05, 3.63) is 70.0 Å². The summed E-state index contributed by atoms with van der Waals surface area (Å²) in [4.78, 5) is 25.6. The molecule has 0 N–H and O–H groups in total. The molecule has 0 unspecified atom stereocenters. The first-order valence-corrected chi connectivity index (χ1v) is 11.1. The van der Waals surface area contributed by atoms with E-state index in [1.165, 1.54) is 17.3 Å². The predicted octanol–water partition coefficient (Wildman–Crippen LogP) is 4.55. The Hall–Kier alpha value is -2.93. The van der Waals surface area contributed by atoms with Gasteiger partial charge in [0.05, 0.1) is 16.7 Å². The maximum atomic E-state index is 12.9. The largest absolute Gasteiger partial charge is 0.293 e. The van der Waals surface area contributed by atoms with Crippen molar-refractivity contribution in [2.45, 2.75) is 44.8 Å². The average molecular weight is 421 g/mol. The summed E-state index contributed by atoms with van der Waals surface area (Å²) >= 11 is 1.34. The predicted molar refractivity (Wildman–Crippen MR) is 121 cm³/mol. The van der Waals surface area contributed by atoms with Crippen molar-refractivity contribution < 1.29 is 4.79 Å². The molecule has 0 bridgehead atoms. The molecule has 0 amide bonds. The lowest BCUT2D eigenvalue weighted by Gasteiger charge is -2.10. The van der Waals surface area contributed by atoms with Crippen molar-refractivity contribution in [2.24, 2.45) is 0 Å². The van der Waals surface area contributed by atoms with Crippen molar-refractivity contribution in [3.8, 4) is 0 Å². The molecule has 0 spiro atoms. The fourth-order valence-electron chi connectivity index (χ4n) is 3.52. The highest BCUT2D eigenvalue weighted by atomic mass is 32.2. The van der Waals surface area contributed by atoms with E-state index in [-0.39, 0.29) is 17.1 Å². The Kier molecular flexibility index (Phi) is 5.72. The van der Waals surface area contributed by atoms with Crippen LogP contribution in [0.1, 0.15) is 49.0 Å². The Balaban J connectivity index is 1.68. The van der Waals surface area contributed by atoms with Gasteiger partial charge in [-0.15, -0.1) is 10.2 Å². The molecule has 0 aliphatic carbocycles. The molecule has 4 aromatic rings. The first kappa shape index (κ1) is 20.3. The van der Waals surface area contributed by atoms with E-state index < -0.39 is 0 Å². The van der Waals surface area contributed by atoms with Crippen molar-refractivity contribution in [3.63, 3.8) is 0 Å². The van der Waals surface area contributed by atoms with Gasteiger partial charge in [-0.25, -0.2) is 0 Å². The molecule has 2 aromatic heterocycles. The number of rotatable bonds is 7. The molecule has 0 fully saturated rings. The Morgan fingerprint density at radius 1 is 1.07 bits per heavy atom. The number of aryl methyl sites for hydroxylation is 1. The zero-order valence-corrected chi connectivity index (χ0v) is 18.1. The maximum absolute atomic E-state index is 12.9. The molecule has 0 radical (unpaired) electrons. The molecule has 0 atom stereocenters. The molecule has 30 heavy (non-hydrogen) atoms. The van der Waals surface area contributed by atoms with E-state index >= 15 is 0 Å².